The number of hydrogen-bond donors (Lipinski definition) is 1. The third kappa shape index (κ3) is 3.63. The number of ether oxygens (including phenoxy) is 1. The molecule has 5 heteroatoms. The molecule has 0 fully saturated rings. The van der Waals surface area contributed by atoms with Gasteiger partial charge in [-0.05, 0) is 36.8 Å². The van der Waals surface area contributed by atoms with Gasteiger partial charge in [-0.1, -0.05) is 35.3 Å². The van der Waals surface area contributed by atoms with Crippen LogP contribution in [0, 0.1) is 5.82 Å². The average molecular weight is 315 g/mol. The second-order valence-corrected chi connectivity index (χ2v) is 5.23. The summed E-state index contributed by atoms with van der Waals surface area (Å²) in [6, 6.07) is 9.39. The van der Waals surface area contributed by atoms with E-state index in [0.717, 1.165) is 5.56 Å². The molecule has 0 aliphatic rings. The molecule has 2 rings (SSSR count). The van der Waals surface area contributed by atoms with Crippen LogP contribution in [0.2, 0.25) is 10.0 Å². The number of aliphatic hydroxyl groups excluding tert-OH is 1. The van der Waals surface area contributed by atoms with E-state index < -0.39 is 11.9 Å². The summed E-state index contributed by atoms with van der Waals surface area (Å²) >= 11 is 11.8. The Morgan fingerprint density at radius 3 is 2.55 bits per heavy atom. The van der Waals surface area contributed by atoms with Gasteiger partial charge in [0.1, 0.15) is 6.61 Å². The summed E-state index contributed by atoms with van der Waals surface area (Å²) in [7, 11) is 0. The predicted octanol–water partition coefficient (Wildman–Crippen LogP) is 4.76. The Labute approximate surface area is 126 Å². The maximum atomic E-state index is 13.8. The van der Waals surface area contributed by atoms with Crippen molar-refractivity contribution >= 4 is 23.2 Å². The zero-order valence-corrected chi connectivity index (χ0v) is 12.2. The van der Waals surface area contributed by atoms with Crippen LogP contribution in [0.3, 0.4) is 0 Å². The van der Waals surface area contributed by atoms with E-state index in [4.69, 9.17) is 27.9 Å². The highest BCUT2D eigenvalue weighted by molar-refractivity contribution is 6.35. The Balaban J connectivity index is 2.11. The fourth-order valence-electron chi connectivity index (χ4n) is 1.69. The highest BCUT2D eigenvalue weighted by Gasteiger charge is 2.09. The lowest BCUT2D eigenvalue weighted by Gasteiger charge is -2.11. The summed E-state index contributed by atoms with van der Waals surface area (Å²) in [4.78, 5) is 0. The molecular weight excluding hydrogens is 302 g/mol. The molecule has 0 unspecified atom stereocenters. The van der Waals surface area contributed by atoms with Crippen molar-refractivity contribution in [1.82, 2.24) is 0 Å². The predicted molar refractivity (Wildman–Crippen MR) is 77.8 cm³/mol. The standard InChI is InChI=1S/C15H13Cl2FO2/c1-9(19)10-3-5-15(14(18)6-10)20-8-11-2-4-12(16)7-13(11)17/h2-7,9,19H,8H2,1H3/t9-/m0/s1. The Morgan fingerprint density at radius 2 is 1.95 bits per heavy atom. The lowest BCUT2D eigenvalue weighted by molar-refractivity contribution is 0.198. The molecule has 0 aromatic heterocycles. The van der Waals surface area contributed by atoms with Crippen molar-refractivity contribution in [1.29, 1.82) is 0 Å². The van der Waals surface area contributed by atoms with Crippen molar-refractivity contribution in [2.24, 2.45) is 0 Å². The van der Waals surface area contributed by atoms with Gasteiger partial charge < -0.3 is 9.84 Å². The third-order valence-corrected chi connectivity index (χ3v) is 3.42. The van der Waals surface area contributed by atoms with E-state index in [9.17, 15) is 9.50 Å². The van der Waals surface area contributed by atoms with Gasteiger partial charge in [-0.15, -0.1) is 0 Å². The third-order valence-electron chi connectivity index (χ3n) is 2.84. The first-order valence-corrected chi connectivity index (χ1v) is 6.77. The van der Waals surface area contributed by atoms with E-state index in [1.165, 1.54) is 12.1 Å². The molecule has 1 atom stereocenters. The fourth-order valence-corrected chi connectivity index (χ4v) is 2.15. The Hall–Kier alpha value is -1.29. The quantitative estimate of drug-likeness (QED) is 0.881. The van der Waals surface area contributed by atoms with Gasteiger partial charge in [-0.25, -0.2) is 4.39 Å². The van der Waals surface area contributed by atoms with E-state index in [0.29, 0.717) is 15.6 Å². The van der Waals surface area contributed by atoms with Crippen molar-refractivity contribution in [3.63, 3.8) is 0 Å². The second-order valence-electron chi connectivity index (χ2n) is 4.39. The van der Waals surface area contributed by atoms with Crippen LogP contribution in [0.15, 0.2) is 36.4 Å². The van der Waals surface area contributed by atoms with Gasteiger partial charge in [0.2, 0.25) is 0 Å². The Morgan fingerprint density at radius 1 is 1.20 bits per heavy atom. The molecule has 20 heavy (non-hydrogen) atoms. The molecule has 0 spiro atoms. The molecule has 2 nitrogen and oxygen atoms in total. The molecule has 0 bridgehead atoms. The number of aliphatic hydroxyl groups is 1. The van der Waals surface area contributed by atoms with Crippen LogP contribution in [-0.2, 0) is 6.61 Å². The lowest BCUT2D eigenvalue weighted by atomic mass is 10.1. The second kappa shape index (κ2) is 6.44. The van der Waals surface area contributed by atoms with Crippen LogP contribution in [0.1, 0.15) is 24.2 Å². The van der Waals surface area contributed by atoms with Crippen molar-refractivity contribution in [3.8, 4) is 5.75 Å². The SMILES string of the molecule is C[C@H](O)c1ccc(OCc2ccc(Cl)cc2Cl)c(F)c1. The fraction of sp³-hybridized carbons (Fsp3) is 0.200. The van der Waals surface area contributed by atoms with Crippen molar-refractivity contribution in [3.05, 3.63) is 63.4 Å². The summed E-state index contributed by atoms with van der Waals surface area (Å²) in [6.07, 6.45) is -0.718. The molecule has 0 aliphatic carbocycles. The molecular formula is C15H13Cl2FO2. The van der Waals surface area contributed by atoms with Gasteiger partial charge in [0.25, 0.3) is 0 Å². The summed E-state index contributed by atoms with van der Waals surface area (Å²) in [6.45, 7) is 1.71. The molecule has 0 saturated carbocycles. The van der Waals surface area contributed by atoms with Crippen LogP contribution in [0.5, 0.6) is 5.75 Å². The van der Waals surface area contributed by atoms with Crippen LogP contribution in [0.4, 0.5) is 4.39 Å². The molecule has 0 radical (unpaired) electrons. The first-order chi connectivity index (χ1) is 9.47. The summed E-state index contributed by atoms with van der Waals surface area (Å²) in [5.41, 5.74) is 1.22. The van der Waals surface area contributed by atoms with Gasteiger partial charge in [0.05, 0.1) is 6.10 Å². The van der Waals surface area contributed by atoms with Gasteiger partial charge in [-0.3, -0.25) is 0 Å². The van der Waals surface area contributed by atoms with Crippen molar-refractivity contribution in [2.75, 3.05) is 0 Å². The van der Waals surface area contributed by atoms with E-state index in [1.807, 2.05) is 0 Å². The summed E-state index contributed by atoms with van der Waals surface area (Å²) in [5.74, 6) is -0.408. The minimum Gasteiger partial charge on any atom is -0.486 e. The van der Waals surface area contributed by atoms with Gasteiger partial charge in [0, 0.05) is 15.6 Å². The zero-order valence-electron chi connectivity index (χ0n) is 10.7. The minimum absolute atomic E-state index is 0.111. The monoisotopic (exact) mass is 314 g/mol. The maximum Gasteiger partial charge on any atom is 0.165 e. The van der Waals surface area contributed by atoms with Crippen LogP contribution < -0.4 is 4.74 Å². The molecule has 1 N–H and O–H groups in total. The minimum atomic E-state index is -0.718. The van der Waals surface area contributed by atoms with E-state index >= 15 is 0 Å². The zero-order chi connectivity index (χ0) is 14.7. The van der Waals surface area contributed by atoms with Crippen molar-refractivity contribution in [2.45, 2.75) is 19.6 Å². The van der Waals surface area contributed by atoms with Crippen molar-refractivity contribution < 1.29 is 14.2 Å². The largest absolute Gasteiger partial charge is 0.486 e. The van der Waals surface area contributed by atoms with Crippen LogP contribution >= 0.6 is 23.2 Å². The van der Waals surface area contributed by atoms with Crippen LogP contribution in [0.25, 0.3) is 0 Å². The molecule has 0 aliphatic heterocycles. The van der Waals surface area contributed by atoms with E-state index in [1.54, 1.807) is 31.2 Å². The lowest BCUT2D eigenvalue weighted by Crippen LogP contribution is -2.00. The molecule has 0 amide bonds. The first-order valence-electron chi connectivity index (χ1n) is 6.01. The smallest absolute Gasteiger partial charge is 0.165 e. The Kier molecular flexibility index (Phi) is 4.86. The molecule has 2 aromatic rings. The summed E-state index contributed by atoms with van der Waals surface area (Å²) in [5, 5.41) is 10.4. The normalized spacial score (nSPS) is 12.2. The summed E-state index contributed by atoms with van der Waals surface area (Å²) < 4.78 is 19.2. The highest BCUT2D eigenvalue weighted by atomic mass is 35.5. The molecule has 0 saturated heterocycles. The topological polar surface area (TPSA) is 29.5 Å². The van der Waals surface area contributed by atoms with Gasteiger partial charge in [-0.2, -0.15) is 0 Å². The highest BCUT2D eigenvalue weighted by Crippen LogP contribution is 2.25. The van der Waals surface area contributed by atoms with Crippen LogP contribution in [-0.4, -0.2) is 5.11 Å². The van der Waals surface area contributed by atoms with E-state index in [-0.39, 0.29) is 12.4 Å². The van der Waals surface area contributed by atoms with E-state index in [2.05, 4.69) is 0 Å². The molecule has 106 valence electrons. The number of rotatable bonds is 4. The average Bonchev–Trinajstić information content (AvgIpc) is 2.38. The maximum absolute atomic E-state index is 13.8. The Bertz CT molecular complexity index is 615. The number of hydrogen-bond acceptors (Lipinski definition) is 2. The number of benzene rings is 2. The van der Waals surface area contributed by atoms with Gasteiger partial charge >= 0.3 is 0 Å². The number of halogens is 3. The van der Waals surface area contributed by atoms with Gasteiger partial charge in [0.15, 0.2) is 11.6 Å². The molecule has 0 heterocycles. The first kappa shape index (κ1) is 15.1. The molecule has 2 aromatic carbocycles.